The molecule has 2 aromatic rings. The lowest BCUT2D eigenvalue weighted by Gasteiger charge is -2.07. The second-order valence-electron chi connectivity index (χ2n) is 3.15. The summed E-state index contributed by atoms with van der Waals surface area (Å²) in [5.74, 6) is 0.708. The molecular formula is C11H10N4O2. The van der Waals surface area contributed by atoms with Gasteiger partial charge in [-0.05, 0) is 18.2 Å². The van der Waals surface area contributed by atoms with Crippen LogP contribution in [-0.2, 0) is 0 Å². The van der Waals surface area contributed by atoms with Gasteiger partial charge in [0.1, 0.15) is 5.75 Å². The molecule has 86 valence electrons. The molecule has 2 rings (SSSR count). The van der Waals surface area contributed by atoms with Gasteiger partial charge in [-0.25, -0.2) is 0 Å². The van der Waals surface area contributed by atoms with Crippen molar-refractivity contribution in [1.82, 2.24) is 10.2 Å². The van der Waals surface area contributed by atoms with Crippen molar-refractivity contribution in [3.05, 3.63) is 48.2 Å². The Morgan fingerprint density at radius 2 is 2.00 bits per heavy atom. The summed E-state index contributed by atoms with van der Waals surface area (Å²) >= 11 is 0. The average molecular weight is 230 g/mol. The van der Waals surface area contributed by atoms with E-state index in [4.69, 9.17) is 15.7 Å². The molecule has 0 unspecified atom stereocenters. The van der Waals surface area contributed by atoms with Crippen LogP contribution in [0.3, 0.4) is 0 Å². The van der Waals surface area contributed by atoms with Gasteiger partial charge in [-0.15, -0.1) is 5.10 Å². The second kappa shape index (κ2) is 4.93. The van der Waals surface area contributed by atoms with E-state index in [1.54, 1.807) is 18.2 Å². The number of oxime groups is 1. The van der Waals surface area contributed by atoms with Crippen LogP contribution in [0.15, 0.2) is 47.8 Å². The Bertz CT molecular complexity index is 528. The van der Waals surface area contributed by atoms with Gasteiger partial charge in [-0.1, -0.05) is 23.4 Å². The summed E-state index contributed by atoms with van der Waals surface area (Å²) in [7, 11) is 0. The number of rotatable bonds is 3. The third-order valence-electron chi connectivity index (χ3n) is 2.03. The molecule has 1 aromatic carbocycles. The normalized spacial score (nSPS) is 11.2. The van der Waals surface area contributed by atoms with Crippen molar-refractivity contribution in [1.29, 1.82) is 0 Å². The van der Waals surface area contributed by atoms with E-state index >= 15 is 0 Å². The maximum absolute atomic E-state index is 8.64. The number of amidine groups is 1. The Morgan fingerprint density at radius 3 is 2.71 bits per heavy atom. The highest BCUT2D eigenvalue weighted by Gasteiger charge is 2.10. The number of nitrogens with zero attached hydrogens (tertiary/aromatic N) is 3. The largest absolute Gasteiger partial charge is 0.437 e. The second-order valence-corrected chi connectivity index (χ2v) is 3.15. The summed E-state index contributed by atoms with van der Waals surface area (Å²) < 4.78 is 5.49. The van der Waals surface area contributed by atoms with E-state index in [2.05, 4.69) is 15.4 Å². The minimum atomic E-state index is -0.0779. The van der Waals surface area contributed by atoms with E-state index in [1.165, 1.54) is 6.20 Å². The Labute approximate surface area is 97.4 Å². The lowest BCUT2D eigenvalue weighted by atomic mass is 10.3. The van der Waals surface area contributed by atoms with E-state index < -0.39 is 0 Å². The number of hydrogen-bond donors (Lipinski definition) is 2. The summed E-state index contributed by atoms with van der Waals surface area (Å²) in [6.45, 7) is 0. The highest BCUT2D eigenvalue weighted by Crippen LogP contribution is 2.21. The summed E-state index contributed by atoms with van der Waals surface area (Å²) in [5.41, 5.74) is 5.88. The van der Waals surface area contributed by atoms with Crippen LogP contribution in [0.5, 0.6) is 11.6 Å². The van der Waals surface area contributed by atoms with E-state index in [1.807, 2.05) is 18.2 Å². The number of ether oxygens (including phenoxy) is 1. The van der Waals surface area contributed by atoms with Gasteiger partial charge >= 0.3 is 0 Å². The number of hydrogen-bond acceptors (Lipinski definition) is 5. The third kappa shape index (κ3) is 2.49. The molecule has 17 heavy (non-hydrogen) atoms. The van der Waals surface area contributed by atoms with Crippen LogP contribution in [0.25, 0.3) is 0 Å². The quantitative estimate of drug-likeness (QED) is 0.359. The van der Waals surface area contributed by atoms with Crippen LogP contribution in [-0.4, -0.2) is 21.2 Å². The van der Waals surface area contributed by atoms with Crippen molar-refractivity contribution in [3.63, 3.8) is 0 Å². The zero-order chi connectivity index (χ0) is 12.1. The Hall–Kier alpha value is -2.63. The Kier molecular flexibility index (Phi) is 3.15. The third-order valence-corrected chi connectivity index (χ3v) is 2.03. The number of aromatic nitrogens is 2. The first-order chi connectivity index (χ1) is 8.31. The molecule has 1 aromatic heterocycles. The predicted octanol–water partition coefficient (Wildman–Crippen LogP) is 1.36. The van der Waals surface area contributed by atoms with Gasteiger partial charge in [-0.3, -0.25) is 0 Å². The van der Waals surface area contributed by atoms with Gasteiger partial charge in [0.05, 0.1) is 11.8 Å². The summed E-state index contributed by atoms with van der Waals surface area (Å²) in [4.78, 5) is 0. The fraction of sp³-hybridized carbons (Fsp3) is 0. The predicted molar refractivity (Wildman–Crippen MR) is 61.1 cm³/mol. The molecule has 0 saturated heterocycles. The van der Waals surface area contributed by atoms with Crippen molar-refractivity contribution >= 4 is 5.84 Å². The summed E-state index contributed by atoms with van der Waals surface area (Å²) in [6, 6.07) is 10.6. The first-order valence-corrected chi connectivity index (χ1v) is 4.84. The average Bonchev–Trinajstić information content (AvgIpc) is 2.40. The molecule has 0 aliphatic heterocycles. The first-order valence-electron chi connectivity index (χ1n) is 4.84. The minimum Gasteiger partial charge on any atom is -0.437 e. The van der Waals surface area contributed by atoms with Gasteiger partial charge in [0, 0.05) is 0 Å². The molecule has 0 atom stereocenters. The monoisotopic (exact) mass is 230 g/mol. The van der Waals surface area contributed by atoms with Crippen LogP contribution in [0.2, 0.25) is 0 Å². The van der Waals surface area contributed by atoms with Crippen molar-refractivity contribution in [2.75, 3.05) is 0 Å². The number of benzene rings is 1. The zero-order valence-electron chi connectivity index (χ0n) is 8.82. The maximum atomic E-state index is 8.64. The molecule has 0 radical (unpaired) electrons. The minimum absolute atomic E-state index is 0.0779. The molecule has 3 N–H and O–H groups in total. The summed E-state index contributed by atoms with van der Waals surface area (Å²) in [6.07, 6.45) is 1.44. The van der Waals surface area contributed by atoms with Gasteiger partial charge in [-0.2, -0.15) is 5.10 Å². The molecule has 0 fully saturated rings. The molecular weight excluding hydrogens is 220 g/mol. The smallest absolute Gasteiger partial charge is 0.250 e. The highest BCUT2D eigenvalue weighted by molar-refractivity contribution is 5.98. The first kappa shape index (κ1) is 10.9. The molecule has 0 bridgehead atoms. The fourth-order valence-electron chi connectivity index (χ4n) is 1.24. The molecule has 6 nitrogen and oxygen atoms in total. The topological polar surface area (TPSA) is 93.6 Å². The molecule has 1 heterocycles. The van der Waals surface area contributed by atoms with E-state index in [9.17, 15) is 0 Å². The van der Waals surface area contributed by atoms with E-state index in [0.717, 1.165) is 0 Å². The van der Waals surface area contributed by atoms with Crippen LogP contribution in [0.4, 0.5) is 0 Å². The van der Waals surface area contributed by atoms with E-state index in [-0.39, 0.29) is 11.7 Å². The maximum Gasteiger partial charge on any atom is 0.250 e. The lowest BCUT2D eigenvalue weighted by molar-refractivity contribution is 0.318. The van der Waals surface area contributed by atoms with Crippen molar-refractivity contribution in [3.8, 4) is 11.6 Å². The standard InChI is InChI=1S/C11H10N4O2/c12-10(15-16)9-6-7-13-14-11(9)17-8-4-2-1-3-5-8/h1-7,16H,(H2,12,15). The molecule has 0 amide bonds. The molecule has 0 aliphatic carbocycles. The van der Waals surface area contributed by atoms with Crippen LogP contribution >= 0.6 is 0 Å². The van der Waals surface area contributed by atoms with Crippen molar-refractivity contribution in [2.24, 2.45) is 10.9 Å². The number of para-hydroxylation sites is 1. The Morgan fingerprint density at radius 1 is 1.24 bits per heavy atom. The van der Waals surface area contributed by atoms with Crippen LogP contribution in [0.1, 0.15) is 5.56 Å². The zero-order valence-corrected chi connectivity index (χ0v) is 8.82. The van der Waals surface area contributed by atoms with Crippen molar-refractivity contribution < 1.29 is 9.94 Å². The molecule has 6 heteroatoms. The Balaban J connectivity index is 2.33. The SMILES string of the molecule is N/C(=N/O)c1ccnnc1Oc1ccccc1. The number of nitrogens with two attached hydrogens (primary N) is 1. The molecule has 0 saturated carbocycles. The fourth-order valence-corrected chi connectivity index (χ4v) is 1.24. The van der Waals surface area contributed by atoms with Crippen LogP contribution < -0.4 is 10.5 Å². The van der Waals surface area contributed by atoms with Crippen molar-refractivity contribution in [2.45, 2.75) is 0 Å². The summed E-state index contributed by atoms with van der Waals surface area (Å²) in [5, 5.41) is 19.0. The highest BCUT2D eigenvalue weighted by atomic mass is 16.5. The van der Waals surface area contributed by atoms with Crippen LogP contribution in [0, 0.1) is 0 Å². The van der Waals surface area contributed by atoms with Gasteiger partial charge < -0.3 is 15.7 Å². The molecule has 0 aliphatic rings. The van der Waals surface area contributed by atoms with Gasteiger partial charge in [0.2, 0.25) is 5.88 Å². The van der Waals surface area contributed by atoms with E-state index in [0.29, 0.717) is 11.3 Å². The van der Waals surface area contributed by atoms with Gasteiger partial charge in [0.15, 0.2) is 5.84 Å². The van der Waals surface area contributed by atoms with Gasteiger partial charge in [0.25, 0.3) is 0 Å². The molecule has 0 spiro atoms. The lowest BCUT2D eigenvalue weighted by Crippen LogP contribution is -2.15.